The molecule has 2 aromatic carbocycles. The number of aromatic carboxylic acids is 1. The Labute approximate surface area is 198 Å². The van der Waals surface area contributed by atoms with Crippen molar-refractivity contribution in [1.29, 1.82) is 0 Å². The summed E-state index contributed by atoms with van der Waals surface area (Å²) in [7, 11) is 0. The summed E-state index contributed by atoms with van der Waals surface area (Å²) in [6, 6.07) is 8.03. The van der Waals surface area contributed by atoms with Crippen molar-refractivity contribution in [1.82, 2.24) is 0 Å². The summed E-state index contributed by atoms with van der Waals surface area (Å²) >= 11 is 6.10. The van der Waals surface area contributed by atoms with Gasteiger partial charge in [-0.2, -0.15) is 0 Å². The fraction of sp³-hybridized carbons (Fsp3) is 0.462. The van der Waals surface area contributed by atoms with Crippen LogP contribution in [0.4, 0.5) is 5.69 Å². The van der Waals surface area contributed by atoms with Crippen LogP contribution in [0, 0.1) is 16.7 Å². The molecule has 4 rings (SSSR count). The van der Waals surface area contributed by atoms with E-state index in [0.717, 1.165) is 24.8 Å². The highest BCUT2D eigenvalue weighted by molar-refractivity contribution is 6.30. The van der Waals surface area contributed by atoms with Crippen molar-refractivity contribution >= 4 is 29.2 Å². The van der Waals surface area contributed by atoms with Crippen LogP contribution in [0.1, 0.15) is 74.4 Å². The van der Waals surface area contributed by atoms with Gasteiger partial charge < -0.3 is 20.3 Å². The average Bonchev–Trinajstić information content (AvgIpc) is 3.07. The molecule has 3 unspecified atom stereocenters. The minimum atomic E-state index is -1.14. The summed E-state index contributed by atoms with van der Waals surface area (Å²) < 4.78 is 5.58. The van der Waals surface area contributed by atoms with Crippen LogP contribution in [-0.4, -0.2) is 22.2 Å². The first-order valence-corrected chi connectivity index (χ1v) is 11.6. The number of carboxylic acids is 1. The minimum Gasteiger partial charge on any atom is -0.508 e. The largest absolute Gasteiger partial charge is 0.508 e. The fourth-order valence-electron chi connectivity index (χ4n) is 6.05. The van der Waals surface area contributed by atoms with Crippen molar-refractivity contribution in [2.24, 2.45) is 16.7 Å². The number of ether oxygens (including phenoxy) is 1. The molecular formula is C26H30ClNO5. The second-order valence-corrected chi connectivity index (χ2v) is 10.5. The van der Waals surface area contributed by atoms with Gasteiger partial charge in [-0.05, 0) is 72.3 Å². The molecule has 2 aliphatic carbocycles. The van der Waals surface area contributed by atoms with Crippen LogP contribution in [-0.2, 0) is 11.3 Å². The number of phenols is 1. The fourth-order valence-corrected chi connectivity index (χ4v) is 6.24. The van der Waals surface area contributed by atoms with Gasteiger partial charge in [-0.25, -0.2) is 4.79 Å². The molecule has 0 amide bonds. The molecule has 2 bridgehead atoms. The lowest BCUT2D eigenvalue weighted by Crippen LogP contribution is -2.32. The van der Waals surface area contributed by atoms with Gasteiger partial charge in [0.2, 0.25) is 0 Å². The van der Waals surface area contributed by atoms with Gasteiger partial charge >= 0.3 is 11.9 Å². The molecule has 0 radical (unpaired) electrons. The Morgan fingerprint density at radius 2 is 1.94 bits per heavy atom. The molecule has 0 aliphatic heterocycles. The molecule has 2 saturated carbocycles. The number of hydrogen-bond acceptors (Lipinski definition) is 5. The van der Waals surface area contributed by atoms with Gasteiger partial charge in [-0.1, -0.05) is 32.4 Å². The quantitative estimate of drug-likeness (QED) is 0.342. The van der Waals surface area contributed by atoms with Gasteiger partial charge in [0.25, 0.3) is 0 Å². The second kappa shape index (κ2) is 8.24. The molecule has 2 fully saturated rings. The zero-order valence-electron chi connectivity index (χ0n) is 19.4. The number of aromatic hydroxyl groups is 1. The number of anilines is 1. The number of hydrogen-bond donors (Lipinski definition) is 3. The predicted octanol–water partition coefficient (Wildman–Crippen LogP) is 6.21. The Bertz CT molecular complexity index is 1130. The van der Waals surface area contributed by atoms with E-state index in [0.29, 0.717) is 22.2 Å². The molecular weight excluding hydrogens is 442 g/mol. The molecule has 3 atom stereocenters. The lowest BCUT2D eigenvalue weighted by atomic mass is 9.64. The Kier molecular flexibility index (Phi) is 5.85. The SMILES string of the molecule is CC(=O)Oc1c(C(=O)O)ccc(NCc2cc(Cl)ccc2O)c1C1CC2CCC1(C)C2(C)C. The number of carbonyl (C=O) groups excluding carboxylic acids is 1. The maximum atomic E-state index is 12.1. The van der Waals surface area contributed by atoms with Crippen LogP contribution in [0.5, 0.6) is 11.5 Å². The van der Waals surface area contributed by atoms with E-state index in [1.807, 2.05) is 0 Å². The molecule has 3 N–H and O–H groups in total. The number of carbonyl (C=O) groups is 2. The van der Waals surface area contributed by atoms with Crippen LogP contribution < -0.4 is 10.1 Å². The normalized spacial score (nSPS) is 25.1. The van der Waals surface area contributed by atoms with Crippen LogP contribution in [0.25, 0.3) is 0 Å². The first-order chi connectivity index (χ1) is 15.5. The molecule has 0 saturated heterocycles. The van der Waals surface area contributed by atoms with Gasteiger partial charge in [-0.15, -0.1) is 0 Å². The number of phenolic OH excluding ortho intramolecular Hbond substituents is 1. The second-order valence-electron chi connectivity index (χ2n) is 10.1. The standard InChI is InChI=1S/C26H30ClNO5/c1-14(29)33-23-18(24(31)32)6-7-20(28-13-15-11-17(27)5-8-21(15)30)22(23)19-12-16-9-10-26(19,4)25(16,2)3/h5-8,11,16,19,28,30H,9-10,12-13H2,1-4H3,(H,31,32). The molecule has 7 heteroatoms. The highest BCUT2D eigenvalue weighted by Crippen LogP contribution is 2.72. The zero-order valence-corrected chi connectivity index (χ0v) is 20.1. The van der Waals surface area contributed by atoms with Gasteiger partial charge in [0.1, 0.15) is 11.3 Å². The lowest BCUT2D eigenvalue weighted by Gasteiger charge is -2.40. The Morgan fingerprint density at radius 1 is 1.21 bits per heavy atom. The molecule has 2 aromatic rings. The number of esters is 1. The van der Waals surface area contributed by atoms with E-state index >= 15 is 0 Å². The van der Waals surface area contributed by atoms with Crippen molar-refractivity contribution in [3.63, 3.8) is 0 Å². The first-order valence-electron chi connectivity index (χ1n) is 11.3. The minimum absolute atomic E-state index is 0.0235. The maximum Gasteiger partial charge on any atom is 0.339 e. The number of carboxylic acid groups (broad SMARTS) is 1. The molecule has 0 aromatic heterocycles. The molecule has 0 spiro atoms. The topological polar surface area (TPSA) is 95.9 Å². The number of benzene rings is 2. The monoisotopic (exact) mass is 471 g/mol. The van der Waals surface area contributed by atoms with E-state index in [2.05, 4.69) is 26.1 Å². The van der Waals surface area contributed by atoms with E-state index in [-0.39, 0.29) is 40.4 Å². The molecule has 6 nitrogen and oxygen atoms in total. The number of nitrogens with one attached hydrogen (secondary N) is 1. The summed E-state index contributed by atoms with van der Waals surface area (Å²) in [4.78, 5) is 24.1. The van der Waals surface area contributed by atoms with Gasteiger partial charge in [0.05, 0.1) is 0 Å². The smallest absolute Gasteiger partial charge is 0.339 e. The van der Waals surface area contributed by atoms with Gasteiger partial charge in [0, 0.05) is 35.3 Å². The van der Waals surface area contributed by atoms with Crippen molar-refractivity contribution in [2.75, 3.05) is 5.32 Å². The summed E-state index contributed by atoms with van der Waals surface area (Å²) in [5.41, 5.74) is 2.02. The van der Waals surface area contributed by atoms with Gasteiger partial charge in [-0.3, -0.25) is 4.79 Å². The Balaban J connectivity index is 1.84. The summed E-state index contributed by atoms with van der Waals surface area (Å²) in [6.07, 6.45) is 3.07. The van der Waals surface area contributed by atoms with E-state index in [1.54, 1.807) is 18.2 Å². The van der Waals surface area contributed by atoms with E-state index in [4.69, 9.17) is 16.3 Å². The van der Waals surface area contributed by atoms with Gasteiger partial charge in [0.15, 0.2) is 5.75 Å². The average molecular weight is 472 g/mol. The van der Waals surface area contributed by atoms with Crippen molar-refractivity contribution in [2.45, 2.75) is 59.4 Å². The molecule has 2 aliphatic rings. The molecule has 0 heterocycles. The summed E-state index contributed by atoms with van der Waals surface area (Å²) in [6.45, 7) is 8.40. The Hall–Kier alpha value is -2.73. The van der Waals surface area contributed by atoms with E-state index in [9.17, 15) is 19.8 Å². The Morgan fingerprint density at radius 3 is 2.52 bits per heavy atom. The third-order valence-corrected chi connectivity index (χ3v) is 8.56. The van der Waals surface area contributed by atoms with Crippen LogP contribution >= 0.6 is 11.6 Å². The van der Waals surface area contributed by atoms with Crippen molar-refractivity contribution in [3.8, 4) is 11.5 Å². The lowest BCUT2D eigenvalue weighted by molar-refractivity contribution is -0.132. The van der Waals surface area contributed by atoms with E-state index in [1.165, 1.54) is 19.1 Å². The third kappa shape index (κ3) is 3.84. The number of rotatable bonds is 6. The number of fused-ring (bicyclic) bond motifs is 2. The predicted molar refractivity (Wildman–Crippen MR) is 127 cm³/mol. The maximum absolute atomic E-state index is 12.1. The van der Waals surface area contributed by atoms with Crippen molar-refractivity contribution in [3.05, 3.63) is 52.0 Å². The third-order valence-electron chi connectivity index (χ3n) is 8.33. The summed E-state index contributed by atoms with van der Waals surface area (Å²) in [5.74, 6) is -0.935. The van der Waals surface area contributed by atoms with Crippen LogP contribution in [0.2, 0.25) is 5.02 Å². The van der Waals surface area contributed by atoms with E-state index < -0.39 is 11.9 Å². The highest BCUT2D eigenvalue weighted by Gasteiger charge is 2.62. The highest BCUT2D eigenvalue weighted by atomic mass is 35.5. The number of halogens is 1. The zero-order chi connectivity index (χ0) is 24.1. The molecule has 33 heavy (non-hydrogen) atoms. The van der Waals surface area contributed by atoms with Crippen LogP contribution in [0.15, 0.2) is 30.3 Å². The van der Waals surface area contributed by atoms with Crippen molar-refractivity contribution < 1.29 is 24.5 Å². The molecule has 176 valence electrons. The first kappa shape index (κ1) is 23.4. The van der Waals surface area contributed by atoms with Crippen LogP contribution in [0.3, 0.4) is 0 Å². The summed E-state index contributed by atoms with van der Waals surface area (Å²) in [5, 5.41) is 23.9.